The molecule has 0 aliphatic rings. The van der Waals surface area contributed by atoms with Gasteiger partial charge in [-0.1, -0.05) is 60.3 Å². The van der Waals surface area contributed by atoms with E-state index in [1.54, 1.807) is 23.9 Å². The minimum Gasteiger partial charge on any atom is -0.508 e. The molecule has 30 heavy (non-hydrogen) atoms. The SMILES string of the molecule is N#Cc1cccc(CSc2nnc(CCc3ccccc3O)n2-c2ccccc2)c1. The van der Waals surface area contributed by atoms with E-state index in [2.05, 4.69) is 20.8 Å². The molecule has 0 spiro atoms. The van der Waals surface area contributed by atoms with Crippen LogP contribution in [-0.4, -0.2) is 19.9 Å². The highest BCUT2D eigenvalue weighted by molar-refractivity contribution is 7.98. The van der Waals surface area contributed by atoms with E-state index in [0.717, 1.165) is 27.8 Å². The molecule has 0 amide bonds. The van der Waals surface area contributed by atoms with Crippen LogP contribution in [0.25, 0.3) is 5.69 Å². The van der Waals surface area contributed by atoms with Gasteiger partial charge in [0.2, 0.25) is 0 Å². The van der Waals surface area contributed by atoms with Crippen LogP contribution in [0.3, 0.4) is 0 Å². The van der Waals surface area contributed by atoms with Crippen molar-refractivity contribution in [3.63, 3.8) is 0 Å². The van der Waals surface area contributed by atoms with Gasteiger partial charge in [-0.15, -0.1) is 10.2 Å². The van der Waals surface area contributed by atoms with Gasteiger partial charge in [-0.25, -0.2) is 0 Å². The summed E-state index contributed by atoms with van der Waals surface area (Å²) in [5.74, 6) is 1.84. The number of aromatic nitrogens is 3. The van der Waals surface area contributed by atoms with Gasteiger partial charge in [0.1, 0.15) is 11.6 Å². The van der Waals surface area contributed by atoms with E-state index in [4.69, 9.17) is 5.26 Å². The van der Waals surface area contributed by atoms with Crippen LogP contribution in [0.15, 0.2) is 84.0 Å². The van der Waals surface area contributed by atoms with Crippen molar-refractivity contribution in [2.45, 2.75) is 23.8 Å². The molecular weight excluding hydrogens is 392 g/mol. The van der Waals surface area contributed by atoms with E-state index >= 15 is 0 Å². The molecule has 0 aliphatic carbocycles. The molecule has 5 nitrogen and oxygen atoms in total. The van der Waals surface area contributed by atoms with Crippen molar-refractivity contribution in [2.24, 2.45) is 0 Å². The second kappa shape index (κ2) is 9.29. The summed E-state index contributed by atoms with van der Waals surface area (Å²) in [6, 6.07) is 27.2. The van der Waals surface area contributed by atoms with Crippen LogP contribution in [0.4, 0.5) is 0 Å². The van der Waals surface area contributed by atoms with Gasteiger partial charge in [-0.2, -0.15) is 5.26 Å². The van der Waals surface area contributed by atoms with Crippen molar-refractivity contribution in [2.75, 3.05) is 0 Å². The molecule has 4 aromatic rings. The first-order chi connectivity index (χ1) is 14.7. The molecule has 1 aromatic heterocycles. The molecule has 0 fully saturated rings. The molecule has 6 heteroatoms. The largest absolute Gasteiger partial charge is 0.508 e. The summed E-state index contributed by atoms with van der Waals surface area (Å²) in [6.07, 6.45) is 1.33. The number of para-hydroxylation sites is 2. The number of phenolic OH excluding ortho intramolecular Hbond substituents is 1. The highest BCUT2D eigenvalue weighted by atomic mass is 32.2. The average Bonchev–Trinajstić information content (AvgIpc) is 3.20. The lowest BCUT2D eigenvalue weighted by molar-refractivity contribution is 0.467. The number of nitriles is 1. The third-order valence-electron chi connectivity index (χ3n) is 4.75. The van der Waals surface area contributed by atoms with Crippen LogP contribution in [-0.2, 0) is 18.6 Å². The Bertz CT molecular complexity index is 1180. The van der Waals surface area contributed by atoms with Crippen molar-refractivity contribution in [3.8, 4) is 17.5 Å². The Hall–Kier alpha value is -3.56. The predicted molar refractivity (Wildman–Crippen MR) is 118 cm³/mol. The number of thioether (sulfide) groups is 1. The monoisotopic (exact) mass is 412 g/mol. The smallest absolute Gasteiger partial charge is 0.196 e. The summed E-state index contributed by atoms with van der Waals surface area (Å²) in [7, 11) is 0. The quantitative estimate of drug-likeness (QED) is 0.436. The Morgan fingerprint density at radius 3 is 2.50 bits per heavy atom. The third-order valence-corrected chi connectivity index (χ3v) is 5.75. The van der Waals surface area contributed by atoms with E-state index in [-0.39, 0.29) is 0 Å². The Balaban J connectivity index is 1.59. The van der Waals surface area contributed by atoms with Crippen LogP contribution in [0.2, 0.25) is 0 Å². The van der Waals surface area contributed by atoms with Gasteiger partial charge in [0.25, 0.3) is 0 Å². The molecule has 4 rings (SSSR count). The van der Waals surface area contributed by atoms with Crippen molar-refractivity contribution < 1.29 is 5.11 Å². The van der Waals surface area contributed by atoms with Crippen molar-refractivity contribution in [1.82, 2.24) is 14.8 Å². The average molecular weight is 413 g/mol. The number of hydrogen-bond acceptors (Lipinski definition) is 5. The maximum Gasteiger partial charge on any atom is 0.196 e. The lowest BCUT2D eigenvalue weighted by Gasteiger charge is -2.11. The molecule has 0 unspecified atom stereocenters. The summed E-state index contributed by atoms with van der Waals surface area (Å²) in [6.45, 7) is 0. The Morgan fingerprint density at radius 1 is 0.900 bits per heavy atom. The minimum absolute atomic E-state index is 0.301. The van der Waals surface area contributed by atoms with Gasteiger partial charge in [0, 0.05) is 17.9 Å². The number of rotatable bonds is 7. The van der Waals surface area contributed by atoms with E-state index in [1.807, 2.05) is 66.7 Å². The van der Waals surface area contributed by atoms with Gasteiger partial charge in [-0.05, 0) is 47.9 Å². The molecule has 0 saturated carbocycles. The van der Waals surface area contributed by atoms with Crippen molar-refractivity contribution in [3.05, 3.63) is 101 Å². The lowest BCUT2D eigenvalue weighted by Crippen LogP contribution is -2.04. The van der Waals surface area contributed by atoms with E-state index in [9.17, 15) is 5.11 Å². The van der Waals surface area contributed by atoms with Gasteiger partial charge < -0.3 is 5.11 Å². The number of nitrogens with zero attached hydrogens (tertiary/aromatic N) is 4. The number of benzene rings is 3. The van der Waals surface area contributed by atoms with E-state index < -0.39 is 0 Å². The Morgan fingerprint density at radius 2 is 1.70 bits per heavy atom. The number of hydrogen-bond donors (Lipinski definition) is 1. The number of aryl methyl sites for hydroxylation is 2. The zero-order chi connectivity index (χ0) is 20.8. The first-order valence-corrected chi connectivity index (χ1v) is 10.6. The highest BCUT2D eigenvalue weighted by Crippen LogP contribution is 2.27. The zero-order valence-electron chi connectivity index (χ0n) is 16.3. The maximum atomic E-state index is 10.1. The summed E-state index contributed by atoms with van der Waals surface area (Å²) in [5.41, 5.74) is 3.61. The molecule has 148 valence electrons. The standard InChI is InChI=1S/C24H20N4OS/c25-16-18-7-6-8-19(15-18)17-30-24-27-26-23(28(24)21-10-2-1-3-11-21)14-13-20-9-4-5-12-22(20)29/h1-12,15,29H,13-14,17H2. The molecular formula is C24H20N4OS. The third kappa shape index (κ3) is 4.53. The van der Waals surface area contributed by atoms with Crippen LogP contribution in [0.5, 0.6) is 5.75 Å². The summed E-state index contributed by atoms with van der Waals surface area (Å²) in [5, 5.41) is 28.9. The fourth-order valence-corrected chi connectivity index (χ4v) is 4.15. The normalized spacial score (nSPS) is 10.6. The predicted octanol–water partition coefficient (Wildman–Crippen LogP) is 4.92. The van der Waals surface area contributed by atoms with Crippen LogP contribution in [0, 0.1) is 11.3 Å². The molecule has 0 bridgehead atoms. The molecule has 1 N–H and O–H groups in total. The molecule has 1 heterocycles. The lowest BCUT2D eigenvalue weighted by atomic mass is 10.1. The topological polar surface area (TPSA) is 74.7 Å². The number of aromatic hydroxyl groups is 1. The molecule has 0 aliphatic heterocycles. The fourth-order valence-electron chi connectivity index (χ4n) is 3.24. The van der Waals surface area contributed by atoms with Gasteiger partial charge in [0.15, 0.2) is 5.16 Å². The van der Waals surface area contributed by atoms with E-state index in [1.165, 1.54) is 0 Å². The molecule has 0 radical (unpaired) electrons. The second-order valence-corrected chi connectivity index (χ2v) is 7.74. The Labute approximate surface area is 179 Å². The van der Waals surface area contributed by atoms with Crippen LogP contribution < -0.4 is 0 Å². The van der Waals surface area contributed by atoms with E-state index in [0.29, 0.717) is 29.9 Å². The summed E-state index contributed by atoms with van der Waals surface area (Å²) < 4.78 is 2.07. The maximum absolute atomic E-state index is 10.1. The van der Waals surface area contributed by atoms with Crippen molar-refractivity contribution in [1.29, 1.82) is 5.26 Å². The fraction of sp³-hybridized carbons (Fsp3) is 0.125. The molecule has 3 aromatic carbocycles. The Kier molecular flexibility index (Phi) is 6.11. The van der Waals surface area contributed by atoms with Gasteiger partial charge >= 0.3 is 0 Å². The van der Waals surface area contributed by atoms with Gasteiger partial charge in [-0.3, -0.25) is 4.57 Å². The highest BCUT2D eigenvalue weighted by Gasteiger charge is 2.15. The zero-order valence-corrected chi connectivity index (χ0v) is 17.1. The molecule has 0 saturated heterocycles. The second-order valence-electron chi connectivity index (χ2n) is 6.80. The first kappa shape index (κ1) is 19.7. The minimum atomic E-state index is 0.301. The summed E-state index contributed by atoms with van der Waals surface area (Å²) >= 11 is 1.59. The van der Waals surface area contributed by atoms with Crippen LogP contribution in [0.1, 0.15) is 22.5 Å². The number of phenols is 1. The van der Waals surface area contributed by atoms with Crippen LogP contribution >= 0.6 is 11.8 Å². The first-order valence-electron chi connectivity index (χ1n) is 9.63. The van der Waals surface area contributed by atoms with Gasteiger partial charge in [0.05, 0.1) is 11.6 Å². The van der Waals surface area contributed by atoms with Crippen molar-refractivity contribution >= 4 is 11.8 Å². The summed E-state index contributed by atoms with van der Waals surface area (Å²) in [4.78, 5) is 0. The molecule has 0 atom stereocenters.